The number of rotatable bonds is 42. The summed E-state index contributed by atoms with van der Waals surface area (Å²) in [6.45, 7) is 2.20. The molecule has 0 aromatic carbocycles. The van der Waals surface area contributed by atoms with Crippen LogP contribution >= 0.6 is 7.82 Å². The number of carbonyl (C=O) groups is 2. The second-order valence-electron chi connectivity index (χ2n) is 15.0. The van der Waals surface area contributed by atoms with Crippen LogP contribution in [0.25, 0.3) is 0 Å². The Bertz CT molecular complexity index is 1210. The molecule has 59 heavy (non-hydrogen) atoms. The average molecular weight is 851 g/mol. The first-order valence-corrected chi connectivity index (χ1v) is 24.4. The lowest BCUT2D eigenvalue weighted by Gasteiger charge is -2.20. The fraction of sp³-hybridized carbons (Fsp3) is 0.708. The summed E-state index contributed by atoms with van der Waals surface area (Å²) in [4.78, 5) is 35.0. The standard InChI is InChI=1S/C48H83O10P/c1-3-5-7-9-11-13-15-17-19-21-22-24-26-28-30-32-34-36-38-40-48(52)58-46(44-57-59(53,54)56-42-45(50)41-49)43-55-47(51)39-37-35-33-31-29-27-25-23-20-18-16-14-12-10-8-6-4-2/h6,8,12,14,17-20,25,27,31,33,45-46,49-50H,3-5,7,9-11,13,15-16,21-24,26,28-30,32,34-44H2,1-2H3,(H,53,54)/b8-6+,14-12+,19-17+,20-18+,27-25+,33-31+/t45-,46+/m0/s1. The van der Waals surface area contributed by atoms with E-state index >= 15 is 0 Å². The van der Waals surface area contributed by atoms with Crippen LogP contribution in [0.4, 0.5) is 0 Å². The van der Waals surface area contributed by atoms with E-state index in [1.165, 1.54) is 83.5 Å². The van der Waals surface area contributed by atoms with E-state index in [2.05, 4.69) is 85.2 Å². The fourth-order valence-corrected chi connectivity index (χ4v) is 6.64. The SMILES string of the molecule is CC/C=C/C/C=C/C/C=C/C/C=C/C/C=C/CCCC(=O)OC[C@H](COP(=O)(O)OC[C@@H](O)CO)OC(=O)CCCCCCCCCCC/C=C/CCCCCCCC. The minimum Gasteiger partial charge on any atom is -0.462 e. The minimum absolute atomic E-state index is 0.160. The van der Waals surface area contributed by atoms with Gasteiger partial charge in [0.25, 0.3) is 0 Å². The molecule has 0 aromatic rings. The molecule has 1 unspecified atom stereocenters. The maximum Gasteiger partial charge on any atom is 0.472 e. The molecule has 0 aliphatic heterocycles. The summed E-state index contributed by atoms with van der Waals surface area (Å²) in [7, 11) is -4.64. The third-order valence-electron chi connectivity index (χ3n) is 9.34. The van der Waals surface area contributed by atoms with Gasteiger partial charge in [-0.05, 0) is 77.0 Å². The van der Waals surface area contributed by atoms with Gasteiger partial charge in [0, 0.05) is 12.8 Å². The molecular formula is C48H83O10P. The van der Waals surface area contributed by atoms with Crippen LogP contribution in [0.2, 0.25) is 0 Å². The number of unbranched alkanes of at least 4 members (excludes halogenated alkanes) is 16. The second kappa shape index (κ2) is 43.5. The molecule has 0 heterocycles. The average Bonchev–Trinajstić information content (AvgIpc) is 3.22. The third kappa shape index (κ3) is 43.3. The molecule has 0 spiro atoms. The Morgan fingerprint density at radius 1 is 0.525 bits per heavy atom. The van der Waals surface area contributed by atoms with Crippen molar-refractivity contribution >= 4 is 19.8 Å². The summed E-state index contributed by atoms with van der Waals surface area (Å²) >= 11 is 0. The molecule has 0 saturated carbocycles. The molecule has 0 bridgehead atoms. The molecule has 0 aromatic heterocycles. The molecule has 0 aliphatic carbocycles. The Hall–Kier alpha value is -2.59. The van der Waals surface area contributed by atoms with Gasteiger partial charge in [0.15, 0.2) is 6.10 Å². The Morgan fingerprint density at radius 3 is 1.47 bits per heavy atom. The highest BCUT2D eigenvalue weighted by molar-refractivity contribution is 7.47. The van der Waals surface area contributed by atoms with Crippen molar-refractivity contribution < 1.29 is 47.8 Å². The summed E-state index contributed by atoms with van der Waals surface area (Å²) in [6.07, 6.45) is 50.2. The maximum atomic E-state index is 12.6. The quantitative estimate of drug-likeness (QED) is 0.0234. The van der Waals surface area contributed by atoms with Gasteiger partial charge in [-0.2, -0.15) is 0 Å². The van der Waals surface area contributed by atoms with Gasteiger partial charge in [-0.15, -0.1) is 0 Å². The lowest BCUT2D eigenvalue weighted by molar-refractivity contribution is -0.161. The number of aliphatic hydroxyl groups excluding tert-OH is 2. The van der Waals surface area contributed by atoms with E-state index in [4.69, 9.17) is 19.1 Å². The van der Waals surface area contributed by atoms with Crippen LogP contribution < -0.4 is 0 Å². The first-order valence-electron chi connectivity index (χ1n) is 22.9. The van der Waals surface area contributed by atoms with Gasteiger partial charge in [-0.3, -0.25) is 18.6 Å². The molecule has 3 N–H and O–H groups in total. The highest BCUT2D eigenvalue weighted by Gasteiger charge is 2.27. The molecule has 0 fully saturated rings. The predicted molar refractivity (Wildman–Crippen MR) is 242 cm³/mol. The summed E-state index contributed by atoms with van der Waals surface area (Å²) in [5.41, 5.74) is 0. The van der Waals surface area contributed by atoms with Gasteiger partial charge >= 0.3 is 19.8 Å². The Kier molecular flexibility index (Phi) is 41.6. The zero-order chi connectivity index (χ0) is 43.3. The zero-order valence-corrected chi connectivity index (χ0v) is 37.8. The minimum atomic E-state index is -4.64. The molecule has 0 rings (SSSR count). The lowest BCUT2D eigenvalue weighted by Crippen LogP contribution is -2.29. The largest absolute Gasteiger partial charge is 0.472 e. The van der Waals surface area contributed by atoms with Gasteiger partial charge in [0.1, 0.15) is 12.7 Å². The van der Waals surface area contributed by atoms with E-state index in [1.54, 1.807) is 0 Å². The van der Waals surface area contributed by atoms with E-state index in [9.17, 15) is 24.2 Å². The van der Waals surface area contributed by atoms with Crippen molar-refractivity contribution in [2.75, 3.05) is 26.4 Å². The number of esters is 2. The van der Waals surface area contributed by atoms with E-state index in [0.717, 1.165) is 51.4 Å². The molecular weight excluding hydrogens is 767 g/mol. The van der Waals surface area contributed by atoms with Gasteiger partial charge in [-0.1, -0.05) is 164 Å². The van der Waals surface area contributed by atoms with Crippen molar-refractivity contribution in [3.63, 3.8) is 0 Å². The van der Waals surface area contributed by atoms with E-state index < -0.39 is 51.8 Å². The summed E-state index contributed by atoms with van der Waals surface area (Å²) in [5.74, 6) is -0.998. The van der Waals surface area contributed by atoms with Crippen molar-refractivity contribution in [3.8, 4) is 0 Å². The zero-order valence-electron chi connectivity index (χ0n) is 36.9. The fourth-order valence-electron chi connectivity index (χ4n) is 5.85. The molecule has 11 heteroatoms. The number of phosphoric ester groups is 1. The van der Waals surface area contributed by atoms with Crippen LogP contribution in [0.15, 0.2) is 72.9 Å². The Labute approximate surface area is 358 Å². The number of ether oxygens (including phenoxy) is 2. The highest BCUT2D eigenvalue weighted by atomic mass is 31.2. The van der Waals surface area contributed by atoms with E-state index in [0.29, 0.717) is 19.3 Å². The van der Waals surface area contributed by atoms with Crippen LogP contribution in [0.5, 0.6) is 0 Å². The highest BCUT2D eigenvalue weighted by Crippen LogP contribution is 2.43. The number of aliphatic hydroxyl groups is 2. The Balaban J connectivity index is 4.35. The molecule has 10 nitrogen and oxygen atoms in total. The first kappa shape index (κ1) is 56.4. The van der Waals surface area contributed by atoms with Crippen LogP contribution in [-0.4, -0.2) is 65.7 Å². The summed E-state index contributed by atoms with van der Waals surface area (Å²) < 4.78 is 32.7. The first-order chi connectivity index (χ1) is 28.7. The van der Waals surface area contributed by atoms with Crippen LogP contribution in [0.1, 0.15) is 181 Å². The number of allylic oxidation sites excluding steroid dienone is 12. The summed E-state index contributed by atoms with van der Waals surface area (Å²) in [5, 5.41) is 18.4. The number of hydrogen-bond donors (Lipinski definition) is 3. The Morgan fingerprint density at radius 2 is 0.949 bits per heavy atom. The molecule has 0 radical (unpaired) electrons. The van der Waals surface area contributed by atoms with Crippen LogP contribution in [-0.2, 0) is 32.7 Å². The third-order valence-corrected chi connectivity index (χ3v) is 10.3. The maximum absolute atomic E-state index is 12.6. The summed E-state index contributed by atoms with van der Waals surface area (Å²) in [6, 6.07) is 0. The lowest BCUT2D eigenvalue weighted by atomic mass is 10.1. The smallest absolute Gasteiger partial charge is 0.462 e. The van der Waals surface area contributed by atoms with E-state index in [1.807, 2.05) is 6.08 Å². The molecule has 3 atom stereocenters. The predicted octanol–water partition coefficient (Wildman–Crippen LogP) is 12.4. The number of carbonyl (C=O) groups excluding carboxylic acids is 2. The van der Waals surface area contributed by atoms with Crippen molar-refractivity contribution in [1.82, 2.24) is 0 Å². The molecule has 0 amide bonds. The van der Waals surface area contributed by atoms with Crippen molar-refractivity contribution in [1.29, 1.82) is 0 Å². The monoisotopic (exact) mass is 851 g/mol. The van der Waals surface area contributed by atoms with Crippen LogP contribution in [0.3, 0.4) is 0 Å². The molecule has 340 valence electrons. The van der Waals surface area contributed by atoms with Crippen molar-refractivity contribution in [3.05, 3.63) is 72.9 Å². The van der Waals surface area contributed by atoms with Gasteiger partial charge in [-0.25, -0.2) is 4.57 Å². The van der Waals surface area contributed by atoms with E-state index in [-0.39, 0.29) is 19.4 Å². The van der Waals surface area contributed by atoms with Crippen molar-refractivity contribution in [2.45, 2.75) is 193 Å². The molecule has 0 saturated heterocycles. The van der Waals surface area contributed by atoms with Gasteiger partial charge in [0.05, 0.1) is 19.8 Å². The normalized spacial score (nSPS) is 14.5. The number of hydrogen-bond acceptors (Lipinski definition) is 9. The van der Waals surface area contributed by atoms with Gasteiger partial charge < -0.3 is 24.6 Å². The number of phosphoric acid groups is 1. The van der Waals surface area contributed by atoms with Crippen LogP contribution in [0, 0.1) is 0 Å². The van der Waals surface area contributed by atoms with Crippen molar-refractivity contribution in [2.24, 2.45) is 0 Å². The molecule has 0 aliphatic rings. The van der Waals surface area contributed by atoms with Gasteiger partial charge in [0.2, 0.25) is 0 Å². The second-order valence-corrected chi connectivity index (χ2v) is 16.5. The topological polar surface area (TPSA) is 149 Å².